The van der Waals surface area contributed by atoms with E-state index in [1.807, 2.05) is 0 Å². The lowest BCUT2D eigenvalue weighted by atomic mass is 10.2. The minimum absolute atomic E-state index is 0.0174. The molecule has 0 radical (unpaired) electrons. The Morgan fingerprint density at radius 3 is 2.11 bits per heavy atom. The minimum Gasteiger partial charge on any atom is -0.243 e. The lowest BCUT2D eigenvalue weighted by molar-refractivity contribution is 0.00187. The summed E-state index contributed by atoms with van der Waals surface area (Å²) < 4.78 is 36.2. The summed E-state index contributed by atoms with van der Waals surface area (Å²) in [5.74, 6) is 0. The summed E-state index contributed by atoms with van der Waals surface area (Å²) in [6, 6.07) is 0. The molecule has 0 fully saturated rings. The molecular formula is C5H10AlF3. The second kappa shape index (κ2) is 3.48. The van der Waals surface area contributed by atoms with Crippen molar-refractivity contribution < 1.29 is 13.2 Å². The molecule has 0 aliphatic heterocycles. The van der Waals surface area contributed by atoms with Crippen molar-refractivity contribution in [3.05, 3.63) is 0 Å². The van der Waals surface area contributed by atoms with E-state index in [2.05, 4.69) is 0 Å². The molecule has 0 spiro atoms. The molecule has 0 amide bonds. The maximum Gasteiger partial charge on any atom is 0.331 e. The van der Waals surface area contributed by atoms with Gasteiger partial charge in [-0.15, -0.1) is 0 Å². The first kappa shape index (κ1) is 9.32. The highest BCUT2D eigenvalue weighted by molar-refractivity contribution is 6.13. The van der Waals surface area contributed by atoms with E-state index in [-0.39, 0.29) is 22.7 Å². The molecule has 0 N–H and O–H groups in total. The summed E-state index contributed by atoms with van der Waals surface area (Å²) in [6.45, 7) is 1.69. The van der Waals surface area contributed by atoms with Crippen molar-refractivity contribution in [2.75, 3.05) is 0 Å². The average Bonchev–Trinajstić information content (AvgIpc) is 1.64. The van der Waals surface area contributed by atoms with E-state index in [1.165, 1.54) is 0 Å². The Morgan fingerprint density at radius 1 is 1.56 bits per heavy atom. The Labute approximate surface area is 60.9 Å². The topological polar surface area (TPSA) is 0 Å². The quantitative estimate of drug-likeness (QED) is 0.538. The van der Waals surface area contributed by atoms with Gasteiger partial charge in [0.15, 0.2) is 0 Å². The molecule has 54 valence electrons. The summed E-state index contributed by atoms with van der Waals surface area (Å²) >= 11 is -0.382. The molecule has 9 heavy (non-hydrogen) atoms. The molecule has 0 nitrogen and oxygen atoms in total. The van der Waals surface area contributed by atoms with Crippen LogP contribution in [0.5, 0.6) is 0 Å². The van der Waals surface area contributed by atoms with Crippen molar-refractivity contribution in [1.82, 2.24) is 0 Å². The van der Waals surface area contributed by atoms with Crippen molar-refractivity contribution in [2.24, 2.45) is 0 Å². The van der Waals surface area contributed by atoms with Crippen molar-refractivity contribution in [2.45, 2.75) is 30.7 Å². The predicted octanol–water partition coefficient (Wildman–Crippen LogP) is 1.35. The summed E-state index contributed by atoms with van der Waals surface area (Å²) in [7, 11) is 0. The summed E-state index contributed by atoms with van der Waals surface area (Å²) in [4.78, 5) is -3.02. The average molecular weight is 154 g/mol. The SMILES string of the molecule is CCCC(F)[C](F)(F)[AlH2]. The monoisotopic (exact) mass is 154 g/mol. The fraction of sp³-hybridized carbons (Fsp3) is 1.00. The standard InChI is InChI=1S/C5H8F3.Al.2H/c1-2-3-4(6)5(7)8;;;/h4H,2-3H2,1H3;;;. The summed E-state index contributed by atoms with van der Waals surface area (Å²) in [5, 5.41) is 0. The molecule has 0 saturated heterocycles. The zero-order valence-electron chi connectivity index (χ0n) is 5.63. The highest BCUT2D eigenvalue weighted by Gasteiger charge is 2.32. The Kier molecular flexibility index (Phi) is 3.61. The van der Waals surface area contributed by atoms with Gasteiger partial charge in [0.2, 0.25) is 4.78 Å². The largest absolute Gasteiger partial charge is 0.331 e. The van der Waals surface area contributed by atoms with Crippen LogP contribution >= 0.6 is 0 Å². The van der Waals surface area contributed by atoms with Crippen LogP contribution < -0.4 is 0 Å². The molecule has 0 rings (SSSR count). The van der Waals surface area contributed by atoms with E-state index in [4.69, 9.17) is 0 Å². The van der Waals surface area contributed by atoms with Crippen LogP contribution in [0.2, 0.25) is 0 Å². The maximum absolute atomic E-state index is 12.2. The van der Waals surface area contributed by atoms with Gasteiger partial charge in [-0.2, -0.15) is 0 Å². The van der Waals surface area contributed by atoms with Gasteiger partial charge in [0.25, 0.3) is 0 Å². The Bertz CT molecular complexity index is 78.8. The molecule has 0 aliphatic rings. The lowest BCUT2D eigenvalue weighted by Gasteiger charge is -2.15. The van der Waals surface area contributed by atoms with Crippen LogP contribution in [0.4, 0.5) is 13.2 Å². The van der Waals surface area contributed by atoms with E-state index in [0.717, 1.165) is 0 Å². The van der Waals surface area contributed by atoms with Crippen molar-refractivity contribution in [1.29, 1.82) is 0 Å². The summed E-state index contributed by atoms with van der Waals surface area (Å²) in [5.41, 5.74) is 0. The molecule has 0 aromatic heterocycles. The van der Waals surface area contributed by atoms with E-state index in [9.17, 15) is 13.2 Å². The Hall–Kier alpha value is 0.322. The zero-order chi connectivity index (χ0) is 7.49. The molecule has 4 heteroatoms. The number of halogens is 3. The Morgan fingerprint density at radius 2 is 2.00 bits per heavy atom. The number of alkyl halides is 3. The van der Waals surface area contributed by atoms with Gasteiger partial charge in [-0.1, -0.05) is 13.3 Å². The van der Waals surface area contributed by atoms with Gasteiger partial charge in [-0.05, 0) is 6.42 Å². The first-order valence-corrected chi connectivity index (χ1v) is 4.00. The van der Waals surface area contributed by atoms with Crippen LogP contribution in [0.3, 0.4) is 0 Å². The van der Waals surface area contributed by atoms with Crippen molar-refractivity contribution in [3.63, 3.8) is 0 Å². The normalized spacial score (nSPS) is 15.6. The molecule has 0 heterocycles. The fourth-order valence-corrected chi connectivity index (χ4v) is 0.796. The van der Waals surface area contributed by atoms with Gasteiger partial charge in [-0.25, -0.2) is 13.2 Å². The second-order valence-electron chi connectivity index (χ2n) is 2.21. The van der Waals surface area contributed by atoms with E-state index in [1.54, 1.807) is 6.92 Å². The fourth-order valence-electron chi connectivity index (χ4n) is 0.507. The lowest BCUT2D eigenvalue weighted by Crippen LogP contribution is -2.29. The molecule has 1 atom stereocenters. The van der Waals surface area contributed by atoms with E-state index >= 15 is 0 Å². The second-order valence-corrected chi connectivity index (χ2v) is 3.55. The molecule has 0 bridgehead atoms. The number of hydrogen-bond acceptors (Lipinski definition) is 0. The zero-order valence-corrected chi connectivity index (χ0v) is 7.63. The number of hydrogen-bond donors (Lipinski definition) is 0. The molecule has 0 aliphatic carbocycles. The van der Waals surface area contributed by atoms with Gasteiger partial charge >= 0.3 is 16.3 Å². The third-order valence-electron chi connectivity index (χ3n) is 1.09. The van der Waals surface area contributed by atoms with Gasteiger partial charge < -0.3 is 0 Å². The van der Waals surface area contributed by atoms with Gasteiger partial charge in [0.05, 0.1) is 0 Å². The van der Waals surface area contributed by atoms with E-state index in [0.29, 0.717) is 6.42 Å². The first-order valence-electron chi connectivity index (χ1n) is 3.00. The Balaban J connectivity index is 3.59. The molecular weight excluding hydrogens is 144 g/mol. The molecule has 1 unspecified atom stereocenters. The highest BCUT2D eigenvalue weighted by Crippen LogP contribution is 2.20. The first-order chi connectivity index (χ1) is 3.98. The minimum atomic E-state index is -3.02. The van der Waals surface area contributed by atoms with Crippen molar-refractivity contribution in [3.8, 4) is 0 Å². The predicted molar refractivity (Wildman–Crippen MR) is 33.3 cm³/mol. The third-order valence-corrected chi connectivity index (χ3v) is 1.72. The molecule has 0 aromatic carbocycles. The maximum atomic E-state index is 12.2. The third kappa shape index (κ3) is 3.83. The highest BCUT2D eigenvalue weighted by atomic mass is 27.0. The molecule has 0 saturated carbocycles. The van der Waals surface area contributed by atoms with Crippen LogP contribution in [-0.4, -0.2) is 27.2 Å². The van der Waals surface area contributed by atoms with Crippen LogP contribution in [0, 0.1) is 0 Å². The molecule has 0 aromatic rings. The van der Waals surface area contributed by atoms with Gasteiger partial charge in [0.1, 0.15) is 6.17 Å². The smallest absolute Gasteiger partial charge is 0.243 e. The van der Waals surface area contributed by atoms with Crippen LogP contribution in [0.1, 0.15) is 19.8 Å². The van der Waals surface area contributed by atoms with Crippen LogP contribution in [-0.2, 0) is 0 Å². The van der Waals surface area contributed by atoms with Gasteiger partial charge in [0, 0.05) is 0 Å². The van der Waals surface area contributed by atoms with E-state index < -0.39 is 11.0 Å². The van der Waals surface area contributed by atoms with Gasteiger partial charge in [-0.3, -0.25) is 0 Å². The number of rotatable bonds is 3. The van der Waals surface area contributed by atoms with Crippen LogP contribution in [0.15, 0.2) is 0 Å². The summed E-state index contributed by atoms with van der Waals surface area (Å²) in [6.07, 6.45) is -1.44. The van der Waals surface area contributed by atoms with Crippen molar-refractivity contribution >= 4 is 16.3 Å². The van der Waals surface area contributed by atoms with Crippen LogP contribution in [0.25, 0.3) is 0 Å².